The Balaban J connectivity index is 1.85. The normalized spacial score (nSPS) is 12.0. The van der Waals surface area contributed by atoms with E-state index >= 15 is 0 Å². The number of para-hydroxylation sites is 1. The molecular weight excluding hydrogens is 360 g/mol. The van der Waals surface area contributed by atoms with Crippen molar-refractivity contribution < 1.29 is 19.4 Å². The second-order valence-corrected chi connectivity index (χ2v) is 6.41. The first-order chi connectivity index (χ1) is 13.6. The number of aliphatic hydroxyl groups excluding tert-OH is 1. The summed E-state index contributed by atoms with van der Waals surface area (Å²) in [5.41, 5.74) is 1.70. The molecule has 1 atom stereocenters. The van der Waals surface area contributed by atoms with Crippen LogP contribution in [-0.4, -0.2) is 36.5 Å². The molecule has 2 N–H and O–H groups in total. The third-order valence-electron chi connectivity index (χ3n) is 4.04. The Kier molecular flexibility index (Phi) is 6.52. The van der Waals surface area contributed by atoms with E-state index in [0.717, 1.165) is 10.9 Å². The minimum Gasteiger partial charge on any atom is -0.468 e. The molecule has 0 spiro atoms. The Morgan fingerprint density at radius 3 is 2.75 bits per heavy atom. The van der Waals surface area contributed by atoms with Gasteiger partial charge in [-0.15, -0.1) is 4.73 Å². The second-order valence-electron chi connectivity index (χ2n) is 6.41. The average molecular weight is 384 g/mol. The molecule has 3 aromatic rings. The van der Waals surface area contributed by atoms with Crippen molar-refractivity contribution in [3.05, 3.63) is 70.5 Å². The zero-order valence-corrected chi connectivity index (χ0v) is 15.9. The van der Waals surface area contributed by atoms with Crippen LogP contribution in [0.3, 0.4) is 0 Å². The largest absolute Gasteiger partial charge is 0.468 e. The SMILES string of the molecule is COCOc1cccc(CNc2cc3ccccc3n(OCC(C)O)c2=O)c1. The van der Waals surface area contributed by atoms with Crippen LogP contribution in [0.5, 0.6) is 5.75 Å². The van der Waals surface area contributed by atoms with Gasteiger partial charge in [-0.2, -0.15) is 0 Å². The maximum Gasteiger partial charge on any atom is 0.306 e. The maximum absolute atomic E-state index is 12.9. The van der Waals surface area contributed by atoms with E-state index < -0.39 is 6.10 Å². The highest BCUT2D eigenvalue weighted by Gasteiger charge is 2.11. The fourth-order valence-corrected chi connectivity index (χ4v) is 2.74. The van der Waals surface area contributed by atoms with Crippen LogP contribution in [0, 0.1) is 0 Å². The summed E-state index contributed by atoms with van der Waals surface area (Å²) < 4.78 is 11.6. The molecule has 0 aliphatic heterocycles. The summed E-state index contributed by atoms with van der Waals surface area (Å²) in [7, 11) is 1.57. The van der Waals surface area contributed by atoms with Crippen molar-refractivity contribution >= 4 is 16.6 Å². The molecule has 0 bridgehead atoms. The van der Waals surface area contributed by atoms with Crippen molar-refractivity contribution in [3.63, 3.8) is 0 Å². The summed E-state index contributed by atoms with van der Waals surface area (Å²) in [6.07, 6.45) is -0.683. The highest BCUT2D eigenvalue weighted by Crippen LogP contribution is 2.17. The molecule has 0 saturated carbocycles. The van der Waals surface area contributed by atoms with Gasteiger partial charge in [-0.05, 0) is 36.8 Å². The number of pyridine rings is 1. The van der Waals surface area contributed by atoms with Crippen molar-refractivity contribution in [2.24, 2.45) is 0 Å². The first-order valence-corrected chi connectivity index (χ1v) is 8.99. The van der Waals surface area contributed by atoms with Crippen LogP contribution in [0.25, 0.3) is 10.9 Å². The van der Waals surface area contributed by atoms with Crippen molar-refractivity contribution in [1.82, 2.24) is 4.73 Å². The van der Waals surface area contributed by atoms with E-state index in [1.807, 2.05) is 42.5 Å². The molecule has 0 saturated heterocycles. The van der Waals surface area contributed by atoms with Crippen LogP contribution in [0.4, 0.5) is 5.69 Å². The number of anilines is 1. The first kappa shape index (κ1) is 19.7. The number of nitrogens with one attached hydrogen (secondary N) is 1. The molecule has 1 aromatic heterocycles. The van der Waals surface area contributed by atoms with E-state index in [0.29, 0.717) is 23.5 Å². The smallest absolute Gasteiger partial charge is 0.306 e. The van der Waals surface area contributed by atoms with Gasteiger partial charge in [-0.1, -0.05) is 30.3 Å². The van der Waals surface area contributed by atoms with Gasteiger partial charge in [0.15, 0.2) is 6.79 Å². The monoisotopic (exact) mass is 384 g/mol. The molecule has 3 rings (SSSR count). The van der Waals surface area contributed by atoms with Crippen LogP contribution in [0.15, 0.2) is 59.4 Å². The quantitative estimate of drug-likeness (QED) is 0.552. The van der Waals surface area contributed by atoms with E-state index in [1.165, 1.54) is 4.73 Å². The van der Waals surface area contributed by atoms with Crippen LogP contribution in [0.2, 0.25) is 0 Å². The molecule has 1 unspecified atom stereocenters. The van der Waals surface area contributed by atoms with Gasteiger partial charge in [0, 0.05) is 19.0 Å². The summed E-state index contributed by atoms with van der Waals surface area (Å²) in [5.74, 6) is 0.692. The van der Waals surface area contributed by atoms with Gasteiger partial charge in [0.1, 0.15) is 18.0 Å². The highest BCUT2D eigenvalue weighted by atomic mass is 16.7. The molecule has 7 heteroatoms. The first-order valence-electron chi connectivity index (χ1n) is 8.99. The Morgan fingerprint density at radius 1 is 1.14 bits per heavy atom. The lowest BCUT2D eigenvalue weighted by molar-refractivity contribution is 0.0365. The molecule has 7 nitrogen and oxygen atoms in total. The van der Waals surface area contributed by atoms with Crippen molar-refractivity contribution in [2.45, 2.75) is 19.6 Å². The number of aromatic nitrogens is 1. The van der Waals surface area contributed by atoms with E-state index in [4.69, 9.17) is 14.3 Å². The Labute approximate surface area is 163 Å². The number of aliphatic hydroxyl groups is 1. The number of fused-ring (bicyclic) bond motifs is 1. The molecule has 1 heterocycles. The Bertz CT molecular complexity index is 984. The van der Waals surface area contributed by atoms with Gasteiger partial charge in [0.05, 0.1) is 11.6 Å². The summed E-state index contributed by atoms with van der Waals surface area (Å²) in [6.45, 7) is 2.24. The predicted molar refractivity (Wildman–Crippen MR) is 108 cm³/mol. The van der Waals surface area contributed by atoms with Gasteiger partial charge >= 0.3 is 5.56 Å². The third kappa shape index (κ3) is 4.82. The fraction of sp³-hybridized carbons (Fsp3) is 0.286. The van der Waals surface area contributed by atoms with Crippen LogP contribution < -0.4 is 20.5 Å². The molecule has 148 valence electrons. The lowest BCUT2D eigenvalue weighted by Crippen LogP contribution is -2.32. The van der Waals surface area contributed by atoms with E-state index in [9.17, 15) is 9.90 Å². The number of hydrogen-bond donors (Lipinski definition) is 2. The molecule has 2 aromatic carbocycles. The maximum atomic E-state index is 12.9. The van der Waals surface area contributed by atoms with Gasteiger partial charge < -0.3 is 24.7 Å². The molecule has 0 radical (unpaired) electrons. The number of ether oxygens (including phenoxy) is 2. The van der Waals surface area contributed by atoms with E-state index in [-0.39, 0.29) is 19.0 Å². The predicted octanol–water partition coefficient (Wildman–Crippen LogP) is 2.41. The molecule has 0 fully saturated rings. The number of nitrogens with zero attached hydrogens (tertiary/aromatic N) is 1. The van der Waals surface area contributed by atoms with E-state index in [2.05, 4.69) is 5.32 Å². The summed E-state index contributed by atoms with van der Waals surface area (Å²) in [4.78, 5) is 18.4. The third-order valence-corrected chi connectivity index (χ3v) is 4.04. The number of hydrogen-bond acceptors (Lipinski definition) is 6. The number of methoxy groups -OCH3 is 1. The minimum atomic E-state index is -0.683. The lowest BCUT2D eigenvalue weighted by atomic mass is 10.2. The van der Waals surface area contributed by atoms with Crippen molar-refractivity contribution in [2.75, 3.05) is 25.8 Å². The topological polar surface area (TPSA) is 82.0 Å². The van der Waals surface area contributed by atoms with Crippen LogP contribution >= 0.6 is 0 Å². The zero-order valence-electron chi connectivity index (χ0n) is 15.9. The van der Waals surface area contributed by atoms with Gasteiger partial charge in [-0.3, -0.25) is 4.79 Å². The number of rotatable bonds is 9. The minimum absolute atomic E-state index is 0.0201. The second kappa shape index (κ2) is 9.25. The van der Waals surface area contributed by atoms with Gasteiger partial charge in [-0.25, -0.2) is 0 Å². The van der Waals surface area contributed by atoms with E-state index in [1.54, 1.807) is 26.2 Å². The zero-order chi connectivity index (χ0) is 19.9. The van der Waals surface area contributed by atoms with Crippen molar-refractivity contribution in [3.8, 4) is 5.75 Å². The van der Waals surface area contributed by atoms with Gasteiger partial charge in [0.2, 0.25) is 0 Å². The Morgan fingerprint density at radius 2 is 1.96 bits per heavy atom. The number of benzene rings is 2. The molecule has 28 heavy (non-hydrogen) atoms. The molecule has 0 amide bonds. The van der Waals surface area contributed by atoms with Crippen LogP contribution in [-0.2, 0) is 11.3 Å². The van der Waals surface area contributed by atoms with Gasteiger partial charge in [0.25, 0.3) is 0 Å². The average Bonchev–Trinajstić information content (AvgIpc) is 2.70. The summed E-state index contributed by atoms with van der Waals surface area (Å²) in [5, 5.41) is 13.5. The summed E-state index contributed by atoms with van der Waals surface area (Å²) in [6, 6.07) is 16.8. The van der Waals surface area contributed by atoms with Crippen molar-refractivity contribution in [1.29, 1.82) is 0 Å². The lowest BCUT2D eigenvalue weighted by Gasteiger charge is -2.15. The highest BCUT2D eigenvalue weighted by molar-refractivity contribution is 5.81. The standard InChI is InChI=1S/C21H24N2O5/c1-15(24)13-28-23-20-9-4-3-7-17(20)11-19(21(23)25)22-12-16-6-5-8-18(10-16)27-14-26-2/h3-11,15,22,24H,12-14H2,1-2H3. The molecule has 0 aliphatic carbocycles. The molecular formula is C21H24N2O5. The fourth-order valence-electron chi connectivity index (χ4n) is 2.74. The molecule has 0 aliphatic rings. The summed E-state index contributed by atoms with van der Waals surface area (Å²) >= 11 is 0. The van der Waals surface area contributed by atoms with Crippen LogP contribution in [0.1, 0.15) is 12.5 Å². The Hall–Kier alpha value is -3.03.